The van der Waals surface area contributed by atoms with Crippen LogP contribution in [0.5, 0.6) is 0 Å². The summed E-state index contributed by atoms with van der Waals surface area (Å²) in [5, 5.41) is 0. The van der Waals surface area contributed by atoms with E-state index in [1.807, 2.05) is 0 Å². The van der Waals surface area contributed by atoms with Crippen LogP contribution in [0.3, 0.4) is 0 Å². The van der Waals surface area contributed by atoms with Gasteiger partial charge in [-0.25, -0.2) is 0 Å². The zero-order valence-electron chi connectivity index (χ0n) is 10.3. The first-order valence-corrected chi connectivity index (χ1v) is 6.24. The molecule has 1 atom stereocenters. The van der Waals surface area contributed by atoms with Gasteiger partial charge in [0.05, 0.1) is 0 Å². The van der Waals surface area contributed by atoms with Crippen molar-refractivity contribution in [2.24, 2.45) is 0 Å². The molecule has 0 aromatic heterocycles. The molecular formula is C15H21N. The number of hydrogen-bond donors (Lipinski definition) is 0. The number of allylic oxidation sites excluding steroid dienone is 1. The summed E-state index contributed by atoms with van der Waals surface area (Å²) in [5.41, 5.74) is 2.79. The van der Waals surface area contributed by atoms with Gasteiger partial charge in [-0.3, -0.25) is 0 Å². The van der Waals surface area contributed by atoms with Gasteiger partial charge in [0.15, 0.2) is 0 Å². The van der Waals surface area contributed by atoms with Crippen LogP contribution in [0.25, 0.3) is 0 Å². The zero-order chi connectivity index (χ0) is 11.4. The van der Waals surface area contributed by atoms with E-state index in [0.717, 1.165) is 0 Å². The minimum absolute atomic E-state index is 0.598. The van der Waals surface area contributed by atoms with Gasteiger partial charge in [-0.05, 0) is 45.2 Å². The molecule has 1 aromatic carbocycles. The molecule has 2 rings (SSSR count). The Morgan fingerprint density at radius 2 is 1.94 bits per heavy atom. The summed E-state index contributed by atoms with van der Waals surface area (Å²) in [6, 6.07) is 11.4. The predicted molar refractivity (Wildman–Crippen MR) is 70.9 cm³/mol. The maximum Gasteiger partial charge on any atom is 0.0475 e. The third kappa shape index (κ3) is 2.66. The van der Waals surface area contributed by atoms with Crippen LogP contribution in [-0.4, -0.2) is 12.6 Å². The monoisotopic (exact) mass is 215 g/mol. The molecule has 86 valence electrons. The maximum absolute atomic E-state index is 2.54. The lowest BCUT2D eigenvalue weighted by molar-refractivity contribution is 0.513. The smallest absolute Gasteiger partial charge is 0.0475 e. The van der Waals surface area contributed by atoms with Crippen molar-refractivity contribution in [2.75, 3.05) is 11.4 Å². The first kappa shape index (κ1) is 11.3. The van der Waals surface area contributed by atoms with E-state index in [2.05, 4.69) is 55.2 Å². The molecule has 0 bridgehead atoms. The second-order valence-electron chi connectivity index (χ2n) is 4.84. The first-order valence-electron chi connectivity index (χ1n) is 6.24. The third-order valence-electron chi connectivity index (χ3n) is 3.16. The molecule has 0 saturated carbocycles. The second-order valence-corrected chi connectivity index (χ2v) is 4.84. The standard InChI is InChI=1S/C15H21N/c1-13(2)12-15-10-6-7-11-16(15)14-8-4-3-5-9-14/h3-5,8-9,12,15H,6-7,10-11H2,1-2H3. The molecule has 1 aliphatic heterocycles. The van der Waals surface area contributed by atoms with Crippen LogP contribution < -0.4 is 4.90 Å². The van der Waals surface area contributed by atoms with Gasteiger partial charge < -0.3 is 4.90 Å². The van der Waals surface area contributed by atoms with Gasteiger partial charge in [-0.2, -0.15) is 0 Å². The van der Waals surface area contributed by atoms with Crippen molar-refractivity contribution in [3.8, 4) is 0 Å². The Labute approximate surface area is 98.8 Å². The fourth-order valence-corrected chi connectivity index (χ4v) is 2.46. The number of benzene rings is 1. The Morgan fingerprint density at radius 3 is 2.62 bits per heavy atom. The first-order chi connectivity index (χ1) is 7.77. The molecule has 1 heteroatoms. The van der Waals surface area contributed by atoms with Crippen molar-refractivity contribution in [2.45, 2.75) is 39.2 Å². The number of nitrogens with zero attached hydrogens (tertiary/aromatic N) is 1. The average Bonchev–Trinajstić information content (AvgIpc) is 2.30. The maximum atomic E-state index is 2.54. The molecule has 1 aliphatic rings. The van der Waals surface area contributed by atoms with E-state index in [4.69, 9.17) is 0 Å². The highest BCUT2D eigenvalue weighted by molar-refractivity contribution is 5.48. The second kappa shape index (κ2) is 5.20. The minimum Gasteiger partial charge on any atom is -0.365 e. The summed E-state index contributed by atoms with van der Waals surface area (Å²) < 4.78 is 0. The van der Waals surface area contributed by atoms with Crippen LogP contribution in [-0.2, 0) is 0 Å². The Balaban J connectivity index is 2.20. The molecule has 0 spiro atoms. The molecule has 1 unspecified atom stereocenters. The van der Waals surface area contributed by atoms with Gasteiger partial charge in [0, 0.05) is 18.3 Å². The predicted octanol–water partition coefficient (Wildman–Crippen LogP) is 4.01. The lowest BCUT2D eigenvalue weighted by Crippen LogP contribution is -2.38. The van der Waals surface area contributed by atoms with E-state index in [9.17, 15) is 0 Å². The number of hydrogen-bond acceptors (Lipinski definition) is 1. The van der Waals surface area contributed by atoms with Crippen molar-refractivity contribution in [3.05, 3.63) is 42.0 Å². The van der Waals surface area contributed by atoms with Crippen molar-refractivity contribution < 1.29 is 0 Å². The van der Waals surface area contributed by atoms with Crippen LogP contribution >= 0.6 is 0 Å². The summed E-state index contributed by atoms with van der Waals surface area (Å²) in [4.78, 5) is 2.54. The van der Waals surface area contributed by atoms with E-state index >= 15 is 0 Å². The van der Waals surface area contributed by atoms with Gasteiger partial charge in [0.25, 0.3) is 0 Å². The lowest BCUT2D eigenvalue weighted by Gasteiger charge is -2.36. The van der Waals surface area contributed by atoms with Gasteiger partial charge in [-0.1, -0.05) is 29.8 Å². The van der Waals surface area contributed by atoms with Gasteiger partial charge in [0.2, 0.25) is 0 Å². The van der Waals surface area contributed by atoms with Gasteiger partial charge in [-0.15, -0.1) is 0 Å². The molecule has 1 aromatic rings. The lowest BCUT2D eigenvalue weighted by atomic mass is 9.99. The van der Waals surface area contributed by atoms with Crippen LogP contribution in [0.15, 0.2) is 42.0 Å². The van der Waals surface area contributed by atoms with E-state index < -0.39 is 0 Å². The normalized spacial score (nSPS) is 20.6. The Morgan fingerprint density at radius 1 is 1.19 bits per heavy atom. The quantitative estimate of drug-likeness (QED) is 0.674. The van der Waals surface area contributed by atoms with Crippen LogP contribution in [0.1, 0.15) is 33.1 Å². The van der Waals surface area contributed by atoms with Gasteiger partial charge >= 0.3 is 0 Å². The summed E-state index contributed by atoms with van der Waals surface area (Å²) in [7, 11) is 0. The van der Waals surface area contributed by atoms with Crippen molar-refractivity contribution in [1.29, 1.82) is 0 Å². The Kier molecular flexibility index (Phi) is 3.66. The molecule has 1 saturated heterocycles. The SMILES string of the molecule is CC(C)=CC1CCCCN1c1ccccc1. The van der Waals surface area contributed by atoms with Crippen LogP contribution in [0.2, 0.25) is 0 Å². The highest BCUT2D eigenvalue weighted by atomic mass is 15.2. The molecular weight excluding hydrogens is 194 g/mol. The summed E-state index contributed by atoms with van der Waals surface area (Å²) in [6.07, 6.45) is 6.38. The largest absolute Gasteiger partial charge is 0.365 e. The van der Waals surface area contributed by atoms with Crippen molar-refractivity contribution in [1.82, 2.24) is 0 Å². The van der Waals surface area contributed by atoms with Crippen LogP contribution in [0.4, 0.5) is 5.69 Å². The molecule has 0 N–H and O–H groups in total. The summed E-state index contributed by atoms with van der Waals surface area (Å²) in [6.45, 7) is 5.58. The molecule has 0 amide bonds. The molecule has 1 nitrogen and oxygen atoms in total. The average molecular weight is 215 g/mol. The molecule has 1 fully saturated rings. The summed E-state index contributed by atoms with van der Waals surface area (Å²) in [5.74, 6) is 0. The van der Waals surface area contributed by atoms with Crippen LogP contribution in [0, 0.1) is 0 Å². The molecule has 0 aliphatic carbocycles. The number of anilines is 1. The Bertz CT molecular complexity index is 349. The molecule has 1 heterocycles. The number of piperidine rings is 1. The number of rotatable bonds is 2. The third-order valence-corrected chi connectivity index (χ3v) is 3.16. The molecule has 16 heavy (non-hydrogen) atoms. The number of para-hydroxylation sites is 1. The fourth-order valence-electron chi connectivity index (χ4n) is 2.46. The van der Waals surface area contributed by atoms with Gasteiger partial charge in [0.1, 0.15) is 0 Å². The topological polar surface area (TPSA) is 3.24 Å². The van der Waals surface area contributed by atoms with E-state index in [1.165, 1.54) is 37.1 Å². The highest BCUT2D eigenvalue weighted by Crippen LogP contribution is 2.25. The highest BCUT2D eigenvalue weighted by Gasteiger charge is 2.20. The van der Waals surface area contributed by atoms with E-state index in [1.54, 1.807) is 0 Å². The van der Waals surface area contributed by atoms with Crippen molar-refractivity contribution >= 4 is 5.69 Å². The molecule has 0 radical (unpaired) electrons. The zero-order valence-corrected chi connectivity index (χ0v) is 10.3. The van der Waals surface area contributed by atoms with Crippen molar-refractivity contribution in [3.63, 3.8) is 0 Å². The fraction of sp³-hybridized carbons (Fsp3) is 0.467. The summed E-state index contributed by atoms with van der Waals surface area (Å²) >= 11 is 0. The minimum atomic E-state index is 0.598. The Hall–Kier alpha value is -1.24. The van der Waals surface area contributed by atoms with E-state index in [0.29, 0.717) is 6.04 Å². The van der Waals surface area contributed by atoms with E-state index in [-0.39, 0.29) is 0 Å².